The third-order valence-electron chi connectivity index (χ3n) is 1.65. The van der Waals surface area contributed by atoms with Gasteiger partial charge in [0.05, 0.1) is 11.5 Å². The van der Waals surface area contributed by atoms with Gasteiger partial charge in [-0.15, -0.1) is 0 Å². The average Bonchev–Trinajstić information content (AvgIpc) is 2.72. The summed E-state index contributed by atoms with van der Waals surface area (Å²) in [7, 11) is 0. The molecule has 88 valence electrons. The molecule has 1 aromatic heterocycles. The molecule has 0 radical (unpaired) electrons. The first-order chi connectivity index (χ1) is 7.63. The van der Waals surface area contributed by atoms with Gasteiger partial charge in [-0.05, 0) is 17.8 Å². The molecule has 1 aromatic rings. The van der Waals surface area contributed by atoms with Crippen molar-refractivity contribution in [3.8, 4) is 0 Å². The SMILES string of the molecule is CCCNC(=O)CNc1ncc([N+](=O)[O-])s1. The van der Waals surface area contributed by atoms with Gasteiger partial charge in [0.1, 0.15) is 6.20 Å². The molecule has 0 atom stereocenters. The van der Waals surface area contributed by atoms with Gasteiger partial charge in [0.2, 0.25) is 5.91 Å². The van der Waals surface area contributed by atoms with Crippen LogP contribution in [0.1, 0.15) is 13.3 Å². The van der Waals surface area contributed by atoms with Crippen molar-refractivity contribution >= 4 is 27.4 Å². The molecule has 0 aliphatic heterocycles. The van der Waals surface area contributed by atoms with Crippen LogP contribution in [0.2, 0.25) is 0 Å². The van der Waals surface area contributed by atoms with Crippen molar-refractivity contribution in [1.82, 2.24) is 10.3 Å². The molecule has 1 heterocycles. The molecule has 2 N–H and O–H groups in total. The molecule has 0 saturated heterocycles. The lowest BCUT2D eigenvalue weighted by atomic mass is 10.4. The van der Waals surface area contributed by atoms with Gasteiger partial charge in [-0.2, -0.15) is 0 Å². The zero-order chi connectivity index (χ0) is 12.0. The highest BCUT2D eigenvalue weighted by Gasteiger charge is 2.11. The quantitative estimate of drug-likeness (QED) is 0.574. The highest BCUT2D eigenvalue weighted by Crippen LogP contribution is 2.24. The summed E-state index contributed by atoms with van der Waals surface area (Å²) < 4.78 is 0. The molecule has 1 rings (SSSR count). The maximum absolute atomic E-state index is 11.2. The van der Waals surface area contributed by atoms with Gasteiger partial charge in [-0.1, -0.05) is 6.92 Å². The van der Waals surface area contributed by atoms with Crippen molar-refractivity contribution in [2.75, 3.05) is 18.4 Å². The maximum atomic E-state index is 11.2. The monoisotopic (exact) mass is 244 g/mol. The van der Waals surface area contributed by atoms with Crippen LogP contribution in [-0.2, 0) is 4.79 Å². The van der Waals surface area contributed by atoms with Crippen LogP contribution in [0.5, 0.6) is 0 Å². The second-order valence-corrected chi connectivity index (χ2v) is 3.97. The van der Waals surface area contributed by atoms with Crippen molar-refractivity contribution in [2.24, 2.45) is 0 Å². The second kappa shape index (κ2) is 6.01. The summed E-state index contributed by atoms with van der Waals surface area (Å²) in [4.78, 5) is 24.8. The lowest BCUT2D eigenvalue weighted by Gasteiger charge is -2.03. The Morgan fingerprint density at radius 2 is 2.44 bits per heavy atom. The third-order valence-corrected chi connectivity index (χ3v) is 2.55. The molecule has 0 aliphatic rings. The predicted octanol–water partition coefficient (Wildman–Crippen LogP) is 0.989. The second-order valence-electron chi connectivity index (χ2n) is 2.96. The summed E-state index contributed by atoms with van der Waals surface area (Å²) in [6.45, 7) is 2.65. The fourth-order valence-electron chi connectivity index (χ4n) is 0.915. The number of thiazole rings is 1. The van der Waals surface area contributed by atoms with E-state index in [9.17, 15) is 14.9 Å². The fraction of sp³-hybridized carbons (Fsp3) is 0.500. The number of amides is 1. The molecule has 0 bridgehead atoms. The van der Waals surface area contributed by atoms with E-state index in [0.717, 1.165) is 24.0 Å². The molecule has 7 nitrogen and oxygen atoms in total. The van der Waals surface area contributed by atoms with Crippen molar-refractivity contribution in [3.05, 3.63) is 16.3 Å². The number of nitro groups is 1. The smallest absolute Gasteiger partial charge is 0.345 e. The number of hydrogen-bond acceptors (Lipinski definition) is 6. The number of aromatic nitrogens is 1. The Kier molecular flexibility index (Phi) is 4.65. The molecule has 16 heavy (non-hydrogen) atoms. The van der Waals surface area contributed by atoms with Crippen LogP contribution in [-0.4, -0.2) is 28.9 Å². The molecule has 0 spiro atoms. The Bertz CT molecular complexity index is 379. The van der Waals surface area contributed by atoms with Crippen molar-refractivity contribution in [3.63, 3.8) is 0 Å². The third kappa shape index (κ3) is 3.81. The minimum Gasteiger partial charge on any atom is -0.355 e. The fourth-order valence-corrected chi connectivity index (χ4v) is 1.54. The maximum Gasteiger partial charge on any atom is 0.345 e. The lowest BCUT2D eigenvalue weighted by molar-refractivity contribution is -0.380. The van der Waals surface area contributed by atoms with Crippen LogP contribution in [0.4, 0.5) is 10.1 Å². The van der Waals surface area contributed by atoms with E-state index in [0.29, 0.717) is 11.7 Å². The van der Waals surface area contributed by atoms with Crippen LogP contribution < -0.4 is 10.6 Å². The standard InChI is InChI=1S/C8H12N4O3S/c1-2-3-9-6(13)4-10-8-11-5-7(16-8)12(14)15/h5H,2-4H2,1H3,(H,9,13)(H,10,11). The minimum absolute atomic E-state index is 0.0449. The summed E-state index contributed by atoms with van der Waals surface area (Å²) in [5.74, 6) is -0.153. The number of rotatable bonds is 6. The van der Waals surface area contributed by atoms with E-state index in [1.807, 2.05) is 6.92 Å². The first-order valence-corrected chi connectivity index (χ1v) is 5.56. The Balaban J connectivity index is 2.36. The topological polar surface area (TPSA) is 97.2 Å². The van der Waals surface area contributed by atoms with Crippen molar-refractivity contribution in [2.45, 2.75) is 13.3 Å². The Morgan fingerprint density at radius 3 is 3.00 bits per heavy atom. The molecule has 0 unspecified atom stereocenters. The van der Waals surface area contributed by atoms with Crippen LogP contribution in [0.3, 0.4) is 0 Å². The molecule has 0 fully saturated rings. The highest BCUT2D eigenvalue weighted by atomic mass is 32.1. The van der Waals surface area contributed by atoms with E-state index >= 15 is 0 Å². The first kappa shape index (κ1) is 12.4. The summed E-state index contributed by atoms with van der Waals surface area (Å²) in [6, 6.07) is 0. The molecular weight excluding hydrogens is 232 g/mol. The van der Waals surface area contributed by atoms with Crippen LogP contribution in [0, 0.1) is 10.1 Å². The van der Waals surface area contributed by atoms with E-state index in [1.54, 1.807) is 0 Å². The summed E-state index contributed by atoms with van der Waals surface area (Å²) in [5.41, 5.74) is 0. The average molecular weight is 244 g/mol. The Morgan fingerprint density at radius 1 is 1.69 bits per heavy atom. The molecular formula is C8H12N4O3S. The van der Waals surface area contributed by atoms with E-state index in [4.69, 9.17) is 0 Å². The Labute approximate surface area is 96.0 Å². The highest BCUT2D eigenvalue weighted by molar-refractivity contribution is 7.18. The summed E-state index contributed by atoms with van der Waals surface area (Å²) >= 11 is 0.906. The molecule has 8 heteroatoms. The van der Waals surface area contributed by atoms with Gasteiger partial charge in [-0.25, -0.2) is 4.98 Å². The van der Waals surface area contributed by atoms with E-state index in [1.165, 1.54) is 0 Å². The van der Waals surface area contributed by atoms with Gasteiger partial charge in [0.25, 0.3) is 0 Å². The zero-order valence-electron chi connectivity index (χ0n) is 8.73. The normalized spacial score (nSPS) is 9.81. The zero-order valence-corrected chi connectivity index (χ0v) is 9.54. The van der Waals surface area contributed by atoms with Crippen LogP contribution in [0.15, 0.2) is 6.20 Å². The van der Waals surface area contributed by atoms with Crippen LogP contribution >= 0.6 is 11.3 Å². The van der Waals surface area contributed by atoms with E-state index < -0.39 is 4.92 Å². The summed E-state index contributed by atoms with van der Waals surface area (Å²) in [5, 5.41) is 16.1. The van der Waals surface area contributed by atoms with Gasteiger partial charge >= 0.3 is 5.00 Å². The number of anilines is 1. The number of hydrogen-bond donors (Lipinski definition) is 2. The molecule has 1 amide bonds. The van der Waals surface area contributed by atoms with Gasteiger partial charge in [-0.3, -0.25) is 14.9 Å². The number of nitrogens with zero attached hydrogens (tertiary/aromatic N) is 2. The largest absolute Gasteiger partial charge is 0.355 e. The first-order valence-electron chi connectivity index (χ1n) is 4.74. The van der Waals surface area contributed by atoms with Crippen molar-refractivity contribution in [1.29, 1.82) is 0 Å². The van der Waals surface area contributed by atoms with Gasteiger partial charge < -0.3 is 10.6 Å². The van der Waals surface area contributed by atoms with Gasteiger partial charge in [0, 0.05) is 6.54 Å². The Hall–Kier alpha value is -1.70. The van der Waals surface area contributed by atoms with E-state index in [2.05, 4.69) is 15.6 Å². The van der Waals surface area contributed by atoms with Crippen molar-refractivity contribution < 1.29 is 9.72 Å². The minimum atomic E-state index is -0.514. The predicted molar refractivity (Wildman–Crippen MR) is 60.6 cm³/mol. The molecule has 0 aromatic carbocycles. The number of nitrogens with one attached hydrogen (secondary N) is 2. The van der Waals surface area contributed by atoms with Gasteiger partial charge in [0.15, 0.2) is 5.13 Å². The number of carbonyl (C=O) groups excluding carboxylic acids is 1. The molecule has 0 saturated carbocycles. The number of carbonyl (C=O) groups is 1. The summed E-state index contributed by atoms with van der Waals surface area (Å²) in [6.07, 6.45) is 2.03. The van der Waals surface area contributed by atoms with Crippen LogP contribution in [0.25, 0.3) is 0 Å². The van der Waals surface area contributed by atoms with E-state index in [-0.39, 0.29) is 17.5 Å². The molecule has 0 aliphatic carbocycles. The lowest BCUT2D eigenvalue weighted by Crippen LogP contribution is -2.30.